The predicted octanol–water partition coefficient (Wildman–Crippen LogP) is 4.11. The number of hydrogen-bond acceptors (Lipinski definition) is 0. The quantitative estimate of drug-likeness (QED) is 0.375. The van der Waals surface area contributed by atoms with Crippen LogP contribution in [0.1, 0.15) is 64.7 Å². The fourth-order valence-corrected chi connectivity index (χ4v) is 1.35. The molecule has 0 fully saturated rings. The lowest BCUT2D eigenvalue weighted by Gasteiger charge is -1.98. The maximum Gasteiger partial charge on any atom is 0.00989 e. The molecule has 12 heavy (non-hydrogen) atoms. The lowest BCUT2D eigenvalue weighted by atomic mass is 10.1. The van der Waals surface area contributed by atoms with E-state index in [-0.39, 0.29) is 0 Å². The third kappa shape index (κ3) is 9.56. The van der Waals surface area contributed by atoms with E-state index in [1.165, 1.54) is 44.9 Å². The predicted molar refractivity (Wildman–Crippen MR) is 54.4 cm³/mol. The first kappa shape index (κ1) is 11.6. The van der Waals surface area contributed by atoms with Crippen molar-refractivity contribution in [3.8, 4) is 5.92 Å². The first-order valence-corrected chi connectivity index (χ1v) is 5.31. The Morgan fingerprint density at radius 1 is 0.833 bits per heavy atom. The zero-order valence-electron chi connectivity index (χ0n) is 8.36. The van der Waals surface area contributed by atoms with Crippen LogP contribution in [-0.4, -0.2) is 0 Å². The summed E-state index contributed by atoms with van der Waals surface area (Å²) in [5.74, 6) is 2.43. The second-order valence-electron chi connectivity index (χ2n) is 3.40. The van der Waals surface area contributed by atoms with E-state index in [9.17, 15) is 0 Å². The highest BCUT2D eigenvalue weighted by Crippen LogP contribution is 2.08. The van der Waals surface area contributed by atoms with Gasteiger partial charge in [-0.1, -0.05) is 57.8 Å². The molecule has 0 aliphatic rings. The average molecular weight is 165 g/mol. The molecule has 0 heteroatoms. The van der Waals surface area contributed by atoms with Gasteiger partial charge in [0.25, 0.3) is 0 Å². The van der Waals surface area contributed by atoms with E-state index in [4.69, 9.17) is 6.42 Å². The molecule has 0 saturated heterocycles. The fourth-order valence-electron chi connectivity index (χ4n) is 1.35. The molecule has 0 unspecified atom stereocenters. The van der Waals surface area contributed by atoms with Crippen LogP contribution >= 0.6 is 0 Å². The normalized spacial score (nSPS) is 9.67. The summed E-state index contributed by atoms with van der Waals surface area (Å²) in [6.45, 7) is 2.25. The summed E-state index contributed by atoms with van der Waals surface area (Å²) in [6.07, 6.45) is 18.3. The average Bonchev–Trinajstić information content (AvgIpc) is 2.10. The van der Waals surface area contributed by atoms with E-state index in [0.29, 0.717) is 0 Å². The Bertz CT molecular complexity index is 108. The largest absolute Gasteiger partial charge is 0.0891 e. The van der Waals surface area contributed by atoms with Gasteiger partial charge in [0.15, 0.2) is 0 Å². The van der Waals surface area contributed by atoms with Crippen molar-refractivity contribution in [1.82, 2.24) is 0 Å². The lowest BCUT2D eigenvalue weighted by molar-refractivity contribution is 0.579. The molecule has 0 aromatic carbocycles. The van der Waals surface area contributed by atoms with Gasteiger partial charge in [0.1, 0.15) is 0 Å². The van der Waals surface area contributed by atoms with E-state index in [1.807, 2.05) is 0 Å². The van der Waals surface area contributed by atoms with Crippen LogP contribution in [0.2, 0.25) is 0 Å². The summed E-state index contributed by atoms with van der Waals surface area (Å²) in [7, 11) is 0. The van der Waals surface area contributed by atoms with Gasteiger partial charge in [-0.25, -0.2) is 0 Å². The van der Waals surface area contributed by atoms with Crippen molar-refractivity contribution in [1.29, 1.82) is 0 Å². The van der Waals surface area contributed by atoms with Gasteiger partial charge in [0.05, 0.1) is 0 Å². The van der Waals surface area contributed by atoms with Crippen LogP contribution in [0.5, 0.6) is 0 Å². The molecule has 0 aromatic heterocycles. The van der Waals surface area contributed by atoms with Gasteiger partial charge in [-0.2, -0.15) is 0 Å². The van der Waals surface area contributed by atoms with Crippen LogP contribution < -0.4 is 0 Å². The number of rotatable bonds is 8. The molecule has 0 aliphatic heterocycles. The van der Waals surface area contributed by atoms with E-state index < -0.39 is 0 Å². The summed E-state index contributed by atoms with van der Waals surface area (Å²) in [4.78, 5) is 0. The van der Waals surface area contributed by atoms with Crippen molar-refractivity contribution in [3.05, 3.63) is 6.42 Å². The molecule has 0 rings (SSSR count). The Morgan fingerprint density at radius 2 is 1.33 bits per heavy atom. The first-order valence-electron chi connectivity index (χ1n) is 5.31. The monoisotopic (exact) mass is 165 g/mol. The SMILES string of the molecule is [C]#CCCCCCCCCCC. The smallest absolute Gasteiger partial charge is 0.00989 e. The van der Waals surface area contributed by atoms with Gasteiger partial charge in [0.2, 0.25) is 0 Å². The van der Waals surface area contributed by atoms with Crippen LogP contribution in [0.3, 0.4) is 0 Å². The van der Waals surface area contributed by atoms with Crippen LogP contribution in [0.4, 0.5) is 0 Å². The Balaban J connectivity index is 2.78. The highest BCUT2D eigenvalue weighted by Gasteiger charge is 1.89. The molecule has 0 nitrogen and oxygen atoms in total. The minimum atomic E-state index is 0.856. The van der Waals surface area contributed by atoms with E-state index in [2.05, 4.69) is 12.8 Å². The molecule has 69 valence electrons. The van der Waals surface area contributed by atoms with Crippen molar-refractivity contribution < 1.29 is 0 Å². The zero-order valence-corrected chi connectivity index (χ0v) is 8.36. The van der Waals surface area contributed by atoms with Gasteiger partial charge in [-0.15, -0.1) is 0 Å². The topological polar surface area (TPSA) is 0 Å². The Morgan fingerprint density at radius 3 is 1.83 bits per heavy atom. The molecule has 0 aliphatic carbocycles. The molecule has 0 aromatic rings. The Labute approximate surface area is 77.8 Å². The summed E-state index contributed by atoms with van der Waals surface area (Å²) in [5, 5.41) is 0. The van der Waals surface area contributed by atoms with Crippen molar-refractivity contribution in [2.45, 2.75) is 64.7 Å². The molecule has 0 atom stereocenters. The van der Waals surface area contributed by atoms with E-state index in [1.54, 1.807) is 0 Å². The molecular weight excluding hydrogens is 144 g/mol. The van der Waals surface area contributed by atoms with Crippen LogP contribution in [0.15, 0.2) is 0 Å². The summed E-state index contributed by atoms with van der Waals surface area (Å²) in [6, 6.07) is 0. The maximum atomic E-state index is 6.72. The van der Waals surface area contributed by atoms with E-state index >= 15 is 0 Å². The van der Waals surface area contributed by atoms with E-state index in [0.717, 1.165) is 12.8 Å². The van der Waals surface area contributed by atoms with Crippen molar-refractivity contribution in [2.24, 2.45) is 0 Å². The minimum absolute atomic E-state index is 0.856. The van der Waals surface area contributed by atoms with Gasteiger partial charge in [-0.3, -0.25) is 0 Å². The number of hydrogen-bond donors (Lipinski definition) is 0. The standard InChI is InChI=1S/C12H21/c1-3-5-7-9-11-12-10-8-6-4-2/h3,5-12H2,1H3. The highest BCUT2D eigenvalue weighted by molar-refractivity contribution is 4.74. The van der Waals surface area contributed by atoms with Crippen molar-refractivity contribution in [3.63, 3.8) is 0 Å². The maximum absolute atomic E-state index is 6.72. The third-order valence-corrected chi connectivity index (χ3v) is 2.16. The van der Waals surface area contributed by atoms with Crippen molar-refractivity contribution >= 4 is 0 Å². The second-order valence-corrected chi connectivity index (χ2v) is 3.40. The van der Waals surface area contributed by atoms with Gasteiger partial charge in [-0.05, 0) is 12.8 Å². The molecule has 0 N–H and O–H groups in total. The summed E-state index contributed by atoms with van der Waals surface area (Å²) in [5.41, 5.74) is 0. The molecule has 0 spiro atoms. The number of unbranched alkanes of at least 4 members (excludes halogenated alkanes) is 8. The fraction of sp³-hybridized carbons (Fsp3) is 0.833. The molecule has 0 amide bonds. The molecule has 0 saturated carbocycles. The first-order chi connectivity index (χ1) is 5.91. The summed E-state index contributed by atoms with van der Waals surface area (Å²) >= 11 is 0. The Kier molecular flexibility index (Phi) is 10.2. The Hall–Kier alpha value is -0.440. The third-order valence-electron chi connectivity index (χ3n) is 2.16. The zero-order chi connectivity index (χ0) is 9.07. The minimum Gasteiger partial charge on any atom is -0.0891 e. The van der Waals surface area contributed by atoms with Gasteiger partial charge in [0, 0.05) is 6.42 Å². The molecule has 1 radical (unpaired) electrons. The molecular formula is C12H21. The van der Waals surface area contributed by atoms with Crippen molar-refractivity contribution in [2.75, 3.05) is 0 Å². The van der Waals surface area contributed by atoms with Crippen LogP contribution in [-0.2, 0) is 0 Å². The van der Waals surface area contributed by atoms with Crippen LogP contribution in [0.25, 0.3) is 0 Å². The molecule has 0 bridgehead atoms. The second kappa shape index (κ2) is 10.6. The lowest BCUT2D eigenvalue weighted by Crippen LogP contribution is -1.79. The molecule has 0 heterocycles. The van der Waals surface area contributed by atoms with Crippen LogP contribution in [0, 0.1) is 12.3 Å². The summed E-state index contributed by atoms with van der Waals surface area (Å²) < 4.78 is 0. The van der Waals surface area contributed by atoms with Gasteiger partial charge < -0.3 is 0 Å². The van der Waals surface area contributed by atoms with Gasteiger partial charge >= 0.3 is 0 Å². The highest BCUT2D eigenvalue weighted by atomic mass is 14.0.